The van der Waals surface area contributed by atoms with Gasteiger partial charge >= 0.3 is 0 Å². The number of carbonyl (C=O) groups is 1. The zero-order valence-electron chi connectivity index (χ0n) is 12.2. The van der Waals surface area contributed by atoms with Gasteiger partial charge in [-0.1, -0.05) is 0 Å². The minimum atomic E-state index is -0.623. The van der Waals surface area contributed by atoms with Crippen molar-refractivity contribution < 1.29 is 19.6 Å². The van der Waals surface area contributed by atoms with E-state index in [4.69, 9.17) is 4.74 Å². The molecule has 2 rings (SSSR count). The lowest BCUT2D eigenvalue weighted by Gasteiger charge is -2.41. The lowest BCUT2D eigenvalue weighted by molar-refractivity contribution is -0.385. The number of nitro groups is 1. The molecule has 1 heterocycles. The molecule has 114 valence electrons. The minimum absolute atomic E-state index is 0.107. The van der Waals surface area contributed by atoms with Crippen molar-refractivity contribution in [3.8, 4) is 5.75 Å². The maximum atomic E-state index is 12.6. The van der Waals surface area contributed by atoms with E-state index in [0.29, 0.717) is 13.1 Å². The number of carbonyl (C=O) groups excluding carboxylic acids is 1. The lowest BCUT2D eigenvalue weighted by Crippen LogP contribution is -2.53. The number of benzene rings is 1. The Labute approximate surface area is 122 Å². The molecule has 1 amide bonds. The number of nitrogens with zero attached hydrogens (tertiary/aromatic N) is 2. The summed E-state index contributed by atoms with van der Waals surface area (Å²) in [5, 5.41) is 20.5. The molecule has 1 aliphatic heterocycles. The number of amides is 1. The molecule has 7 nitrogen and oxygen atoms in total. The Morgan fingerprint density at radius 3 is 2.76 bits per heavy atom. The molecule has 7 heteroatoms. The molecule has 1 aromatic carbocycles. The summed E-state index contributed by atoms with van der Waals surface area (Å²) in [4.78, 5) is 24.5. The molecule has 1 atom stereocenters. The van der Waals surface area contributed by atoms with Crippen LogP contribution in [0.5, 0.6) is 5.75 Å². The van der Waals surface area contributed by atoms with Gasteiger partial charge in [0.25, 0.3) is 11.6 Å². The van der Waals surface area contributed by atoms with Crippen molar-refractivity contribution in [2.75, 3.05) is 13.1 Å². The van der Waals surface area contributed by atoms with Gasteiger partial charge in [0, 0.05) is 19.2 Å². The number of nitro benzene ring substituents is 1. The first-order valence-corrected chi connectivity index (χ1v) is 6.64. The van der Waals surface area contributed by atoms with Crippen LogP contribution in [-0.2, 0) is 4.74 Å². The summed E-state index contributed by atoms with van der Waals surface area (Å²) in [6, 6.07) is 3.46. The minimum Gasteiger partial charge on any atom is -0.508 e. The van der Waals surface area contributed by atoms with Gasteiger partial charge in [-0.3, -0.25) is 14.9 Å². The standard InChI is InChI=1S/C14H18N2O5/c1-9-7-15(8-14(2,3)21-9)13(18)11-6-10(17)4-5-12(11)16(19)20/h4-6,9,17H,7-8H2,1-3H3. The summed E-state index contributed by atoms with van der Waals surface area (Å²) >= 11 is 0. The van der Waals surface area contributed by atoms with Gasteiger partial charge in [-0.25, -0.2) is 0 Å². The maximum Gasteiger partial charge on any atom is 0.282 e. The Morgan fingerprint density at radius 2 is 2.19 bits per heavy atom. The van der Waals surface area contributed by atoms with Crippen molar-refractivity contribution in [3.63, 3.8) is 0 Å². The fourth-order valence-electron chi connectivity index (χ4n) is 2.63. The number of phenols is 1. The first-order valence-electron chi connectivity index (χ1n) is 6.64. The number of hydrogen-bond donors (Lipinski definition) is 1. The molecule has 1 N–H and O–H groups in total. The highest BCUT2D eigenvalue weighted by atomic mass is 16.6. The molecule has 21 heavy (non-hydrogen) atoms. The molecule has 0 aliphatic carbocycles. The van der Waals surface area contributed by atoms with Crippen molar-refractivity contribution in [1.29, 1.82) is 0 Å². The molecule has 0 bridgehead atoms. The summed E-state index contributed by atoms with van der Waals surface area (Å²) in [6.45, 7) is 6.26. The van der Waals surface area contributed by atoms with Crippen LogP contribution in [-0.4, -0.2) is 45.6 Å². The number of hydrogen-bond acceptors (Lipinski definition) is 5. The number of aromatic hydroxyl groups is 1. The highest BCUT2D eigenvalue weighted by Gasteiger charge is 2.36. The van der Waals surface area contributed by atoms with Gasteiger partial charge in [0.1, 0.15) is 11.3 Å². The van der Waals surface area contributed by atoms with Crippen molar-refractivity contribution in [2.45, 2.75) is 32.5 Å². The fourth-order valence-corrected chi connectivity index (χ4v) is 2.63. The van der Waals surface area contributed by atoms with E-state index in [1.165, 1.54) is 11.0 Å². The topological polar surface area (TPSA) is 92.9 Å². The van der Waals surface area contributed by atoms with Crippen molar-refractivity contribution in [3.05, 3.63) is 33.9 Å². The molecular formula is C14H18N2O5. The Bertz CT molecular complexity index is 585. The van der Waals surface area contributed by atoms with Gasteiger partial charge in [0.15, 0.2) is 0 Å². The number of phenolic OH excluding ortho intramolecular Hbond substituents is 1. The smallest absolute Gasteiger partial charge is 0.282 e. The summed E-state index contributed by atoms with van der Waals surface area (Å²) in [5.74, 6) is -0.648. The second-order valence-corrected chi connectivity index (χ2v) is 5.83. The summed E-state index contributed by atoms with van der Waals surface area (Å²) in [7, 11) is 0. The Hall–Kier alpha value is -2.15. The van der Waals surface area contributed by atoms with Crippen LogP contribution in [0, 0.1) is 10.1 Å². The van der Waals surface area contributed by atoms with Crippen LogP contribution >= 0.6 is 0 Å². The van der Waals surface area contributed by atoms with Crippen LogP contribution in [0.1, 0.15) is 31.1 Å². The monoisotopic (exact) mass is 294 g/mol. The molecule has 0 radical (unpaired) electrons. The third-order valence-electron chi connectivity index (χ3n) is 3.26. The number of rotatable bonds is 2. The normalized spacial score (nSPS) is 21.1. The number of ether oxygens (including phenoxy) is 1. The van der Waals surface area contributed by atoms with Crippen molar-refractivity contribution >= 4 is 11.6 Å². The molecule has 1 fully saturated rings. The molecule has 0 saturated carbocycles. The molecule has 1 aromatic rings. The summed E-state index contributed by atoms with van der Waals surface area (Å²) < 4.78 is 5.71. The van der Waals surface area contributed by atoms with E-state index in [9.17, 15) is 20.0 Å². The van der Waals surface area contributed by atoms with E-state index in [1.54, 1.807) is 0 Å². The van der Waals surface area contributed by atoms with Crippen LogP contribution in [0.3, 0.4) is 0 Å². The number of morpholine rings is 1. The highest BCUT2D eigenvalue weighted by Crippen LogP contribution is 2.28. The van der Waals surface area contributed by atoms with E-state index in [0.717, 1.165) is 12.1 Å². The van der Waals surface area contributed by atoms with Gasteiger partial charge < -0.3 is 14.7 Å². The van der Waals surface area contributed by atoms with Gasteiger partial charge in [-0.05, 0) is 32.9 Å². The Balaban J connectivity index is 2.36. The second-order valence-electron chi connectivity index (χ2n) is 5.83. The van der Waals surface area contributed by atoms with Gasteiger partial charge in [0.2, 0.25) is 0 Å². The second kappa shape index (κ2) is 5.33. The fraction of sp³-hybridized carbons (Fsp3) is 0.500. The third-order valence-corrected chi connectivity index (χ3v) is 3.26. The predicted molar refractivity (Wildman–Crippen MR) is 75.3 cm³/mol. The van der Waals surface area contributed by atoms with Crippen molar-refractivity contribution in [1.82, 2.24) is 4.90 Å². The third kappa shape index (κ3) is 3.30. The molecule has 0 aromatic heterocycles. The molecular weight excluding hydrogens is 276 g/mol. The van der Waals surface area contributed by atoms with Crippen LogP contribution in [0.2, 0.25) is 0 Å². The van der Waals surface area contributed by atoms with Gasteiger partial charge in [-0.15, -0.1) is 0 Å². The average Bonchev–Trinajstić information content (AvgIpc) is 2.34. The molecule has 1 unspecified atom stereocenters. The molecule has 0 spiro atoms. The lowest BCUT2D eigenvalue weighted by atomic mass is 10.0. The van der Waals surface area contributed by atoms with E-state index in [-0.39, 0.29) is 23.1 Å². The van der Waals surface area contributed by atoms with Crippen LogP contribution in [0.4, 0.5) is 5.69 Å². The SMILES string of the molecule is CC1CN(C(=O)c2cc(O)ccc2[N+](=O)[O-])CC(C)(C)O1. The Morgan fingerprint density at radius 1 is 1.52 bits per heavy atom. The van der Waals surface area contributed by atoms with E-state index >= 15 is 0 Å². The average molecular weight is 294 g/mol. The molecule has 1 aliphatic rings. The van der Waals surface area contributed by atoms with E-state index in [1.807, 2.05) is 20.8 Å². The quantitative estimate of drug-likeness (QED) is 0.664. The predicted octanol–water partition coefficient (Wildman–Crippen LogP) is 1.94. The van der Waals surface area contributed by atoms with E-state index in [2.05, 4.69) is 0 Å². The summed E-state index contributed by atoms with van der Waals surface area (Å²) in [6.07, 6.45) is -0.158. The zero-order valence-corrected chi connectivity index (χ0v) is 12.2. The van der Waals surface area contributed by atoms with Crippen LogP contribution in [0.25, 0.3) is 0 Å². The largest absolute Gasteiger partial charge is 0.508 e. The van der Waals surface area contributed by atoms with Crippen LogP contribution < -0.4 is 0 Å². The van der Waals surface area contributed by atoms with Crippen molar-refractivity contribution in [2.24, 2.45) is 0 Å². The first kappa shape index (κ1) is 15.2. The van der Waals surface area contributed by atoms with Gasteiger partial charge in [-0.2, -0.15) is 0 Å². The summed E-state index contributed by atoms with van der Waals surface area (Å²) in [5.41, 5.74) is -0.932. The Kier molecular flexibility index (Phi) is 3.87. The highest BCUT2D eigenvalue weighted by molar-refractivity contribution is 5.98. The van der Waals surface area contributed by atoms with E-state index < -0.39 is 16.4 Å². The maximum absolute atomic E-state index is 12.6. The van der Waals surface area contributed by atoms with Gasteiger partial charge in [0.05, 0.1) is 16.6 Å². The molecule has 1 saturated heterocycles. The van der Waals surface area contributed by atoms with Crippen LogP contribution in [0.15, 0.2) is 18.2 Å². The zero-order chi connectivity index (χ0) is 15.8. The first-order chi connectivity index (χ1) is 9.69.